The minimum atomic E-state index is -0.0716. The molecule has 1 aliphatic rings. The number of rotatable bonds is 7. The van der Waals surface area contributed by atoms with Crippen LogP contribution < -0.4 is 14.2 Å². The molecule has 2 aromatic rings. The Labute approximate surface area is 177 Å². The molecule has 1 heterocycles. The monoisotopic (exact) mass is 412 g/mol. The fourth-order valence-electron chi connectivity index (χ4n) is 3.45. The maximum Gasteiger partial charge on any atom is 0.254 e. The molecule has 0 radical (unpaired) electrons. The molecule has 0 aliphatic carbocycles. The fourth-order valence-corrected chi connectivity index (χ4v) is 3.45. The minimum Gasteiger partial charge on any atom is -0.493 e. The van der Waals surface area contributed by atoms with Crippen molar-refractivity contribution in [2.45, 2.75) is 12.8 Å². The number of hydrogen-bond acceptors (Lipinski definition) is 5. The summed E-state index contributed by atoms with van der Waals surface area (Å²) in [5, 5.41) is 0. The third-order valence-electron chi connectivity index (χ3n) is 5.09. The summed E-state index contributed by atoms with van der Waals surface area (Å²) in [6.45, 7) is 2.60. The molecule has 2 amide bonds. The van der Waals surface area contributed by atoms with Crippen LogP contribution in [0.5, 0.6) is 17.2 Å². The third-order valence-corrected chi connectivity index (χ3v) is 5.09. The molecule has 30 heavy (non-hydrogen) atoms. The van der Waals surface area contributed by atoms with Gasteiger partial charge in [-0.2, -0.15) is 0 Å². The average Bonchev–Trinajstić information content (AvgIpc) is 3.05. The maximum atomic E-state index is 12.9. The smallest absolute Gasteiger partial charge is 0.254 e. The van der Waals surface area contributed by atoms with Gasteiger partial charge in [-0.25, -0.2) is 0 Å². The van der Waals surface area contributed by atoms with Crippen molar-refractivity contribution < 1.29 is 23.8 Å². The zero-order valence-corrected chi connectivity index (χ0v) is 17.5. The Kier molecular flexibility index (Phi) is 7.54. The van der Waals surface area contributed by atoms with E-state index in [1.54, 1.807) is 37.3 Å². The van der Waals surface area contributed by atoms with Gasteiger partial charge in [0, 0.05) is 31.7 Å². The van der Waals surface area contributed by atoms with E-state index in [-0.39, 0.29) is 11.8 Å². The van der Waals surface area contributed by atoms with E-state index in [2.05, 4.69) is 0 Å². The molecule has 0 unspecified atom stereocenters. The van der Waals surface area contributed by atoms with Gasteiger partial charge in [0.25, 0.3) is 5.91 Å². The zero-order valence-electron chi connectivity index (χ0n) is 17.5. The molecule has 0 bridgehead atoms. The lowest BCUT2D eigenvalue weighted by atomic mass is 10.1. The van der Waals surface area contributed by atoms with Crippen LogP contribution in [0.2, 0.25) is 0 Å². The van der Waals surface area contributed by atoms with Gasteiger partial charge in [-0.15, -0.1) is 0 Å². The Morgan fingerprint density at radius 2 is 1.57 bits per heavy atom. The van der Waals surface area contributed by atoms with Crippen LogP contribution in [-0.4, -0.2) is 68.6 Å². The largest absolute Gasteiger partial charge is 0.493 e. The molecular weight excluding hydrogens is 384 g/mol. The Morgan fingerprint density at radius 3 is 2.30 bits per heavy atom. The van der Waals surface area contributed by atoms with E-state index >= 15 is 0 Å². The lowest BCUT2D eigenvalue weighted by Crippen LogP contribution is -2.37. The SMILES string of the molecule is COc1ccc(C(=O)N2CCCN(C(=O)CCOc3ccccc3)CC2)cc1OC. The van der Waals surface area contributed by atoms with Gasteiger partial charge in [-0.3, -0.25) is 9.59 Å². The van der Waals surface area contributed by atoms with Gasteiger partial charge in [0.1, 0.15) is 5.75 Å². The highest BCUT2D eigenvalue weighted by Gasteiger charge is 2.23. The number of para-hydroxylation sites is 1. The molecule has 0 saturated carbocycles. The summed E-state index contributed by atoms with van der Waals surface area (Å²) in [6, 6.07) is 14.6. The Hall–Kier alpha value is -3.22. The predicted octanol–water partition coefficient (Wildman–Crippen LogP) is 2.85. The van der Waals surface area contributed by atoms with Crippen LogP contribution in [0.15, 0.2) is 48.5 Å². The van der Waals surface area contributed by atoms with E-state index in [1.807, 2.05) is 35.2 Å². The van der Waals surface area contributed by atoms with Crippen LogP contribution in [0.25, 0.3) is 0 Å². The summed E-state index contributed by atoms with van der Waals surface area (Å²) in [6.07, 6.45) is 1.06. The van der Waals surface area contributed by atoms with Gasteiger partial charge in [0.2, 0.25) is 5.91 Å². The summed E-state index contributed by atoms with van der Waals surface area (Å²) < 4.78 is 16.2. The second-order valence-electron chi connectivity index (χ2n) is 7.01. The maximum absolute atomic E-state index is 12.9. The molecular formula is C23H28N2O5. The first-order chi connectivity index (χ1) is 14.6. The van der Waals surface area contributed by atoms with Crippen molar-refractivity contribution >= 4 is 11.8 Å². The number of amides is 2. The van der Waals surface area contributed by atoms with E-state index in [0.717, 1.165) is 12.2 Å². The van der Waals surface area contributed by atoms with Gasteiger partial charge < -0.3 is 24.0 Å². The lowest BCUT2D eigenvalue weighted by Gasteiger charge is -2.22. The molecule has 0 N–H and O–H groups in total. The van der Waals surface area contributed by atoms with E-state index in [4.69, 9.17) is 14.2 Å². The first kappa shape index (κ1) is 21.5. The number of nitrogens with zero attached hydrogens (tertiary/aromatic N) is 2. The van der Waals surface area contributed by atoms with E-state index < -0.39 is 0 Å². The quantitative estimate of drug-likeness (QED) is 0.700. The molecule has 1 saturated heterocycles. The van der Waals surface area contributed by atoms with Crippen molar-refractivity contribution in [1.82, 2.24) is 9.80 Å². The number of methoxy groups -OCH3 is 2. The van der Waals surface area contributed by atoms with Crippen molar-refractivity contribution in [1.29, 1.82) is 0 Å². The summed E-state index contributed by atoms with van der Waals surface area (Å²) in [5.41, 5.74) is 0.545. The van der Waals surface area contributed by atoms with Crippen LogP contribution in [0.1, 0.15) is 23.2 Å². The molecule has 0 atom stereocenters. The Balaban J connectivity index is 1.52. The molecule has 2 aromatic carbocycles. The number of ether oxygens (including phenoxy) is 3. The van der Waals surface area contributed by atoms with Gasteiger partial charge in [0.05, 0.1) is 27.2 Å². The van der Waals surface area contributed by atoms with Crippen LogP contribution >= 0.6 is 0 Å². The van der Waals surface area contributed by atoms with E-state index in [0.29, 0.717) is 56.3 Å². The zero-order chi connectivity index (χ0) is 21.3. The summed E-state index contributed by atoms with van der Waals surface area (Å²) in [4.78, 5) is 29.1. The lowest BCUT2D eigenvalue weighted by molar-refractivity contribution is -0.131. The molecule has 0 spiro atoms. The second-order valence-corrected chi connectivity index (χ2v) is 7.01. The fraction of sp³-hybridized carbons (Fsp3) is 0.391. The highest BCUT2D eigenvalue weighted by molar-refractivity contribution is 5.95. The average molecular weight is 412 g/mol. The van der Waals surface area contributed by atoms with E-state index in [9.17, 15) is 9.59 Å². The van der Waals surface area contributed by atoms with Crippen LogP contribution in [0, 0.1) is 0 Å². The first-order valence-electron chi connectivity index (χ1n) is 10.1. The highest BCUT2D eigenvalue weighted by atomic mass is 16.5. The number of carbonyl (C=O) groups excluding carboxylic acids is 2. The molecule has 1 aliphatic heterocycles. The first-order valence-corrected chi connectivity index (χ1v) is 10.1. The van der Waals surface area contributed by atoms with Gasteiger partial charge in [-0.1, -0.05) is 18.2 Å². The molecule has 3 rings (SSSR count). The molecule has 160 valence electrons. The van der Waals surface area contributed by atoms with Gasteiger partial charge in [0.15, 0.2) is 11.5 Å². The Morgan fingerprint density at radius 1 is 0.867 bits per heavy atom. The Bertz CT molecular complexity index is 856. The van der Waals surface area contributed by atoms with Crippen LogP contribution in [0.3, 0.4) is 0 Å². The molecule has 7 nitrogen and oxygen atoms in total. The van der Waals surface area contributed by atoms with Crippen molar-refractivity contribution in [3.63, 3.8) is 0 Å². The van der Waals surface area contributed by atoms with Crippen molar-refractivity contribution in [3.8, 4) is 17.2 Å². The molecule has 0 aromatic heterocycles. The van der Waals surface area contributed by atoms with Crippen molar-refractivity contribution in [2.24, 2.45) is 0 Å². The van der Waals surface area contributed by atoms with Crippen LogP contribution in [-0.2, 0) is 4.79 Å². The number of benzene rings is 2. The van der Waals surface area contributed by atoms with Gasteiger partial charge >= 0.3 is 0 Å². The van der Waals surface area contributed by atoms with Gasteiger partial charge in [-0.05, 0) is 36.8 Å². The number of hydrogen-bond donors (Lipinski definition) is 0. The highest BCUT2D eigenvalue weighted by Crippen LogP contribution is 2.28. The second kappa shape index (κ2) is 10.5. The number of carbonyl (C=O) groups is 2. The van der Waals surface area contributed by atoms with Crippen LogP contribution in [0.4, 0.5) is 0 Å². The normalized spacial score (nSPS) is 14.1. The third kappa shape index (κ3) is 5.43. The molecule has 1 fully saturated rings. The molecule has 7 heteroatoms. The topological polar surface area (TPSA) is 68.3 Å². The van der Waals surface area contributed by atoms with Crippen molar-refractivity contribution in [2.75, 3.05) is 47.0 Å². The predicted molar refractivity (Wildman–Crippen MR) is 113 cm³/mol. The van der Waals surface area contributed by atoms with Crippen molar-refractivity contribution in [3.05, 3.63) is 54.1 Å². The minimum absolute atomic E-state index is 0.0475. The standard InChI is InChI=1S/C23H28N2O5/c1-28-20-10-9-18(17-21(20)29-2)23(27)25-13-6-12-24(14-15-25)22(26)11-16-30-19-7-4-3-5-8-19/h3-5,7-10,17H,6,11-16H2,1-2H3. The summed E-state index contributed by atoms with van der Waals surface area (Å²) in [5.74, 6) is 1.84. The summed E-state index contributed by atoms with van der Waals surface area (Å²) in [7, 11) is 3.10. The summed E-state index contributed by atoms with van der Waals surface area (Å²) >= 11 is 0. The van der Waals surface area contributed by atoms with E-state index in [1.165, 1.54) is 0 Å².